The van der Waals surface area contributed by atoms with E-state index in [-0.39, 0.29) is 25.1 Å². The number of carbonyl (C=O) groups is 1. The topological polar surface area (TPSA) is 39.4 Å². The number of carbonyl (C=O) groups excluding carboxylic acids is 1. The van der Waals surface area contributed by atoms with Gasteiger partial charge in [-0.1, -0.05) is 13.8 Å². The fraction of sp³-hybridized carbons (Fsp3) is 0.600. The summed E-state index contributed by atoms with van der Waals surface area (Å²) in [6, 6.07) is 4.08. The summed E-state index contributed by atoms with van der Waals surface area (Å²) in [5.74, 6) is 0.436. The largest absolute Gasteiger partial charge is 1.00 e. The Balaban J connectivity index is 0.00000361. The number of rotatable bonds is 8. The summed E-state index contributed by atoms with van der Waals surface area (Å²) in [5, 5.41) is 0. The van der Waals surface area contributed by atoms with Gasteiger partial charge in [0.2, 0.25) is 0 Å². The monoisotopic (exact) mass is 301 g/mol. The Labute approximate surface area is 127 Å². The zero-order valence-corrected chi connectivity index (χ0v) is 13.2. The second kappa shape index (κ2) is 10.6. The number of nitrogens with zero attached hydrogens (tertiary/aromatic N) is 1. The third kappa shape index (κ3) is 8.12. The Kier molecular flexibility index (Phi) is 10.0. The van der Waals surface area contributed by atoms with Crippen molar-refractivity contribution in [2.24, 2.45) is 5.92 Å². The molecule has 0 aliphatic rings. The lowest BCUT2D eigenvalue weighted by atomic mass is 10.1. The van der Waals surface area contributed by atoms with Crippen LogP contribution in [-0.2, 0) is 27.4 Å². The maximum atomic E-state index is 11.5. The Hall–Kier alpha value is -1.13. The number of pyridine rings is 1. The van der Waals surface area contributed by atoms with E-state index in [1.165, 1.54) is 5.56 Å². The summed E-state index contributed by atoms with van der Waals surface area (Å²) in [5.41, 5.74) is 1.26. The maximum absolute atomic E-state index is 11.5. The minimum atomic E-state index is -0.182. The zero-order chi connectivity index (χ0) is 14.1. The van der Waals surface area contributed by atoms with E-state index in [1.54, 1.807) is 7.11 Å². The van der Waals surface area contributed by atoms with Crippen molar-refractivity contribution in [3.8, 4) is 0 Å². The van der Waals surface area contributed by atoms with Crippen LogP contribution in [0.25, 0.3) is 0 Å². The Bertz CT molecular complexity index is 396. The van der Waals surface area contributed by atoms with Crippen LogP contribution in [0.3, 0.4) is 0 Å². The molecule has 20 heavy (non-hydrogen) atoms. The summed E-state index contributed by atoms with van der Waals surface area (Å²) >= 11 is 0. The quantitative estimate of drug-likeness (QED) is 0.355. The van der Waals surface area contributed by atoms with Crippen molar-refractivity contribution in [3.63, 3.8) is 0 Å². The summed E-state index contributed by atoms with van der Waals surface area (Å²) in [4.78, 5) is 11.5. The summed E-state index contributed by atoms with van der Waals surface area (Å²) in [6.45, 7) is 5.24. The molecule has 0 bridgehead atoms. The first-order valence-electron chi connectivity index (χ1n) is 6.74. The zero-order valence-electron chi connectivity index (χ0n) is 12.5. The van der Waals surface area contributed by atoms with Crippen LogP contribution in [0.5, 0.6) is 0 Å². The van der Waals surface area contributed by atoms with Gasteiger partial charge in [0.1, 0.15) is 0 Å². The molecule has 0 aliphatic carbocycles. The van der Waals surface area contributed by atoms with Gasteiger partial charge in [-0.2, -0.15) is 4.57 Å². The average Bonchev–Trinajstić information content (AvgIpc) is 2.36. The van der Waals surface area contributed by atoms with Gasteiger partial charge >= 0.3 is 5.97 Å². The van der Waals surface area contributed by atoms with Gasteiger partial charge in [0, 0.05) is 31.8 Å². The number of methoxy groups -OCH3 is 1. The molecule has 114 valence electrons. The van der Waals surface area contributed by atoms with E-state index >= 15 is 0 Å². The lowest BCUT2D eigenvalue weighted by molar-refractivity contribution is -0.728. The van der Waals surface area contributed by atoms with Crippen molar-refractivity contribution in [3.05, 3.63) is 30.1 Å². The highest BCUT2D eigenvalue weighted by Gasteiger charge is 2.08. The summed E-state index contributed by atoms with van der Waals surface area (Å²) in [7, 11) is 1.63. The molecule has 0 atom stereocenters. The van der Waals surface area contributed by atoms with Crippen LogP contribution in [0.4, 0.5) is 0 Å². The van der Waals surface area contributed by atoms with Gasteiger partial charge in [-0.3, -0.25) is 4.79 Å². The molecular weight excluding hydrogens is 278 g/mol. The molecule has 0 aliphatic heterocycles. The molecule has 1 aromatic heterocycles. The van der Waals surface area contributed by atoms with Gasteiger partial charge in [0.05, 0.1) is 0 Å². The molecule has 5 heteroatoms. The van der Waals surface area contributed by atoms with Crippen molar-refractivity contribution in [1.82, 2.24) is 0 Å². The van der Waals surface area contributed by atoms with Crippen LogP contribution in [0.15, 0.2) is 24.5 Å². The highest BCUT2D eigenvalue weighted by Crippen LogP contribution is 2.04. The molecule has 0 amide bonds. The average molecular weight is 302 g/mol. The first kappa shape index (κ1) is 18.9. The molecule has 4 nitrogen and oxygen atoms in total. The van der Waals surface area contributed by atoms with Crippen molar-refractivity contribution in [2.45, 2.75) is 39.8 Å². The standard InChI is InChI=1S/C15H24NO3.ClH/c1-13(2)10-14-6-4-8-16(11-14)12-19-15(17)7-5-9-18-3;/h4,6,8,11,13H,5,7,9-10,12H2,1-3H3;1H/q+1;/p-1. The molecule has 0 N–H and O–H groups in total. The van der Waals surface area contributed by atoms with E-state index in [0.29, 0.717) is 25.4 Å². The minimum Gasteiger partial charge on any atom is -1.00 e. The fourth-order valence-electron chi connectivity index (χ4n) is 1.83. The third-order valence-corrected chi connectivity index (χ3v) is 2.67. The minimum absolute atomic E-state index is 0. The highest BCUT2D eigenvalue weighted by molar-refractivity contribution is 5.68. The van der Waals surface area contributed by atoms with Gasteiger partial charge in [0.25, 0.3) is 6.73 Å². The normalized spacial score (nSPS) is 10.2. The van der Waals surface area contributed by atoms with E-state index in [0.717, 1.165) is 6.42 Å². The predicted octanol–water partition coefficient (Wildman–Crippen LogP) is -0.896. The third-order valence-electron chi connectivity index (χ3n) is 2.67. The van der Waals surface area contributed by atoms with Crippen LogP contribution in [-0.4, -0.2) is 19.7 Å². The summed E-state index contributed by atoms with van der Waals surface area (Å²) < 4.78 is 12.0. The van der Waals surface area contributed by atoms with Gasteiger partial charge in [-0.15, -0.1) is 0 Å². The molecule has 0 radical (unpaired) electrons. The molecule has 1 rings (SSSR count). The van der Waals surface area contributed by atoms with Crippen molar-refractivity contribution in [2.75, 3.05) is 13.7 Å². The van der Waals surface area contributed by atoms with E-state index in [1.807, 2.05) is 23.0 Å². The lowest BCUT2D eigenvalue weighted by Gasteiger charge is -2.04. The van der Waals surface area contributed by atoms with Crippen molar-refractivity contribution < 1.29 is 31.2 Å². The molecule has 0 saturated heterocycles. The molecular formula is C15H24ClNO3. The molecule has 0 spiro atoms. The smallest absolute Gasteiger partial charge is 0.310 e. The summed E-state index contributed by atoms with van der Waals surface area (Å²) in [6.07, 6.45) is 6.07. The number of hydrogen-bond acceptors (Lipinski definition) is 3. The highest BCUT2D eigenvalue weighted by atomic mass is 35.5. The number of ether oxygens (including phenoxy) is 2. The van der Waals surface area contributed by atoms with Gasteiger partial charge in [0.15, 0.2) is 12.4 Å². The molecule has 0 fully saturated rings. The number of hydrogen-bond donors (Lipinski definition) is 0. The van der Waals surface area contributed by atoms with Crippen LogP contribution >= 0.6 is 0 Å². The van der Waals surface area contributed by atoms with Crippen LogP contribution < -0.4 is 17.0 Å². The Morgan fingerprint density at radius 3 is 2.80 bits per heavy atom. The molecule has 0 saturated carbocycles. The first-order valence-corrected chi connectivity index (χ1v) is 6.74. The van der Waals surface area contributed by atoms with Crippen molar-refractivity contribution >= 4 is 5.97 Å². The lowest BCUT2D eigenvalue weighted by Crippen LogP contribution is -3.00. The first-order chi connectivity index (χ1) is 9.11. The maximum Gasteiger partial charge on any atom is 0.310 e. The van der Waals surface area contributed by atoms with Crippen LogP contribution in [0.1, 0.15) is 32.3 Å². The Morgan fingerprint density at radius 1 is 1.40 bits per heavy atom. The number of aromatic nitrogens is 1. The molecule has 0 unspecified atom stereocenters. The van der Waals surface area contributed by atoms with Crippen LogP contribution in [0.2, 0.25) is 0 Å². The van der Waals surface area contributed by atoms with E-state index in [9.17, 15) is 4.79 Å². The second-order valence-electron chi connectivity index (χ2n) is 5.07. The Morgan fingerprint density at radius 2 is 2.15 bits per heavy atom. The van der Waals surface area contributed by atoms with Gasteiger partial charge < -0.3 is 21.9 Å². The number of esters is 1. The molecule has 1 heterocycles. The SMILES string of the molecule is COCCCC(=O)OC[n+]1cccc(CC(C)C)c1.[Cl-]. The second-order valence-corrected chi connectivity index (χ2v) is 5.07. The molecule has 1 aromatic rings. The van der Waals surface area contributed by atoms with Gasteiger partial charge in [-0.05, 0) is 24.8 Å². The van der Waals surface area contributed by atoms with Gasteiger partial charge in [-0.25, -0.2) is 0 Å². The van der Waals surface area contributed by atoms with E-state index < -0.39 is 0 Å². The van der Waals surface area contributed by atoms with E-state index in [2.05, 4.69) is 19.9 Å². The fourth-order valence-corrected chi connectivity index (χ4v) is 1.83. The number of halogens is 1. The predicted molar refractivity (Wildman–Crippen MR) is 72.4 cm³/mol. The molecule has 0 aromatic carbocycles. The van der Waals surface area contributed by atoms with E-state index in [4.69, 9.17) is 9.47 Å². The van der Waals surface area contributed by atoms with Crippen molar-refractivity contribution in [1.29, 1.82) is 0 Å². The van der Waals surface area contributed by atoms with Crippen LogP contribution in [0, 0.1) is 5.92 Å².